The van der Waals surface area contributed by atoms with E-state index in [4.69, 9.17) is 9.98 Å². The van der Waals surface area contributed by atoms with Gasteiger partial charge in [-0.3, -0.25) is 4.99 Å². The van der Waals surface area contributed by atoms with Crippen LogP contribution in [0.4, 0.5) is 0 Å². The van der Waals surface area contributed by atoms with Crippen molar-refractivity contribution in [3.63, 3.8) is 0 Å². The van der Waals surface area contributed by atoms with Crippen LogP contribution < -0.4 is 0 Å². The van der Waals surface area contributed by atoms with Crippen LogP contribution in [0, 0.1) is 12.8 Å². The van der Waals surface area contributed by atoms with Crippen molar-refractivity contribution in [1.82, 2.24) is 15.0 Å². The maximum absolute atomic E-state index is 4.85. The van der Waals surface area contributed by atoms with Crippen LogP contribution >= 0.6 is 0 Å². The smallest absolute Gasteiger partial charge is 0.155 e. The third-order valence-electron chi connectivity index (χ3n) is 5.68. The number of amidine groups is 1. The molecule has 0 spiro atoms. The van der Waals surface area contributed by atoms with E-state index >= 15 is 0 Å². The predicted molar refractivity (Wildman–Crippen MR) is 125 cm³/mol. The molecule has 0 fully saturated rings. The summed E-state index contributed by atoms with van der Waals surface area (Å²) in [6.07, 6.45) is 1.09. The molecule has 0 unspecified atom stereocenters. The standard InChI is InChI=1S/C25H31N5/c1-16(2)11-12-30-23-10-8-19(14-21(23)28-29-30)24-26-15-22(27-24)18-7-9-20(17(3)13-18)25(4,5)6/h7-10,13-14,16H,11-12,15H2,1-6H3. The van der Waals surface area contributed by atoms with Crippen LogP contribution in [0.2, 0.25) is 0 Å². The lowest BCUT2D eigenvalue weighted by Crippen LogP contribution is -2.14. The fraction of sp³-hybridized carbons (Fsp3) is 0.440. The molecule has 0 bridgehead atoms. The number of hydrogen-bond acceptors (Lipinski definition) is 4. The molecule has 0 aliphatic carbocycles. The van der Waals surface area contributed by atoms with Crippen molar-refractivity contribution in [3.8, 4) is 0 Å². The summed E-state index contributed by atoms with van der Waals surface area (Å²) in [5.41, 5.74) is 7.95. The molecule has 5 heteroatoms. The Morgan fingerprint density at radius 1 is 1.03 bits per heavy atom. The highest BCUT2D eigenvalue weighted by Crippen LogP contribution is 2.27. The van der Waals surface area contributed by atoms with Gasteiger partial charge in [-0.15, -0.1) is 5.10 Å². The molecule has 3 aromatic rings. The minimum Gasteiger partial charge on any atom is -0.260 e. The number of aliphatic imine (C=N–C) groups is 2. The van der Waals surface area contributed by atoms with Crippen molar-refractivity contribution < 1.29 is 0 Å². The number of nitrogens with zero attached hydrogens (tertiary/aromatic N) is 5. The van der Waals surface area contributed by atoms with Gasteiger partial charge in [-0.25, -0.2) is 9.67 Å². The molecule has 0 N–H and O–H groups in total. The highest BCUT2D eigenvalue weighted by atomic mass is 15.4. The van der Waals surface area contributed by atoms with E-state index in [-0.39, 0.29) is 5.41 Å². The molecule has 0 atom stereocenters. The van der Waals surface area contributed by atoms with E-state index in [2.05, 4.69) is 82.2 Å². The predicted octanol–water partition coefficient (Wildman–Crippen LogP) is 5.33. The summed E-state index contributed by atoms with van der Waals surface area (Å²) >= 11 is 0. The Morgan fingerprint density at radius 2 is 1.80 bits per heavy atom. The van der Waals surface area contributed by atoms with E-state index in [1.807, 2.05) is 10.7 Å². The second-order valence-corrected chi connectivity index (χ2v) is 9.68. The maximum Gasteiger partial charge on any atom is 0.155 e. The number of aryl methyl sites for hydroxylation is 2. The second-order valence-electron chi connectivity index (χ2n) is 9.68. The minimum atomic E-state index is 0.143. The molecule has 156 valence electrons. The third-order valence-corrected chi connectivity index (χ3v) is 5.68. The lowest BCUT2D eigenvalue weighted by Gasteiger charge is -2.22. The summed E-state index contributed by atoms with van der Waals surface area (Å²) in [5, 5.41) is 8.69. The normalized spacial score (nSPS) is 14.5. The summed E-state index contributed by atoms with van der Waals surface area (Å²) in [6.45, 7) is 14.9. The van der Waals surface area contributed by atoms with Crippen molar-refractivity contribution in [1.29, 1.82) is 0 Å². The Hall–Kier alpha value is -2.82. The van der Waals surface area contributed by atoms with Gasteiger partial charge < -0.3 is 0 Å². The van der Waals surface area contributed by atoms with Crippen LogP contribution in [-0.2, 0) is 12.0 Å². The zero-order valence-corrected chi connectivity index (χ0v) is 18.9. The van der Waals surface area contributed by atoms with Gasteiger partial charge in [0.2, 0.25) is 0 Å². The molecular formula is C25H31N5. The van der Waals surface area contributed by atoms with E-state index in [0.29, 0.717) is 12.5 Å². The molecule has 4 rings (SSSR count). The summed E-state index contributed by atoms with van der Waals surface area (Å²) in [4.78, 5) is 9.54. The molecule has 5 nitrogen and oxygen atoms in total. The van der Waals surface area contributed by atoms with Gasteiger partial charge >= 0.3 is 0 Å². The Bertz CT molecular complexity index is 1140. The van der Waals surface area contributed by atoms with Crippen LogP contribution in [0.5, 0.6) is 0 Å². The van der Waals surface area contributed by atoms with E-state index in [0.717, 1.165) is 46.7 Å². The van der Waals surface area contributed by atoms with Gasteiger partial charge in [-0.2, -0.15) is 0 Å². The molecule has 2 heterocycles. The molecule has 1 aromatic heterocycles. The number of hydrogen-bond donors (Lipinski definition) is 0. The first-order valence-corrected chi connectivity index (χ1v) is 10.8. The molecule has 1 aliphatic heterocycles. The van der Waals surface area contributed by atoms with Gasteiger partial charge in [-0.1, -0.05) is 52.0 Å². The third kappa shape index (κ3) is 4.07. The molecular weight excluding hydrogens is 370 g/mol. The van der Waals surface area contributed by atoms with E-state index in [1.165, 1.54) is 11.1 Å². The summed E-state index contributed by atoms with van der Waals surface area (Å²) in [5.74, 6) is 1.42. The Balaban J connectivity index is 1.57. The number of aromatic nitrogens is 3. The van der Waals surface area contributed by atoms with E-state index in [1.54, 1.807) is 0 Å². The Labute approximate surface area is 178 Å². The molecule has 0 saturated heterocycles. The number of fused-ring (bicyclic) bond motifs is 1. The SMILES string of the molecule is Cc1cc(C2=NC(c3ccc4c(c3)nnn4CCC(C)C)=NC2)ccc1C(C)(C)C. The van der Waals surface area contributed by atoms with Crippen LogP contribution in [0.25, 0.3) is 11.0 Å². The van der Waals surface area contributed by atoms with Crippen molar-refractivity contribution >= 4 is 22.6 Å². The first kappa shape index (κ1) is 20.5. The average molecular weight is 402 g/mol. The van der Waals surface area contributed by atoms with Crippen molar-refractivity contribution in [3.05, 3.63) is 58.7 Å². The fourth-order valence-electron chi connectivity index (χ4n) is 4.00. The lowest BCUT2D eigenvalue weighted by atomic mass is 9.83. The van der Waals surface area contributed by atoms with E-state index in [9.17, 15) is 0 Å². The summed E-state index contributed by atoms with van der Waals surface area (Å²) in [7, 11) is 0. The molecule has 0 radical (unpaired) electrons. The van der Waals surface area contributed by atoms with Gasteiger partial charge in [0.25, 0.3) is 0 Å². The molecule has 0 amide bonds. The zero-order chi connectivity index (χ0) is 21.5. The largest absolute Gasteiger partial charge is 0.260 e. The second kappa shape index (κ2) is 7.78. The minimum absolute atomic E-state index is 0.143. The molecule has 1 aliphatic rings. The van der Waals surface area contributed by atoms with Crippen LogP contribution in [0.3, 0.4) is 0 Å². The van der Waals surface area contributed by atoms with Crippen LogP contribution in [-0.4, -0.2) is 33.1 Å². The summed E-state index contributed by atoms with van der Waals surface area (Å²) in [6, 6.07) is 12.9. The highest BCUT2D eigenvalue weighted by molar-refractivity contribution is 6.17. The van der Waals surface area contributed by atoms with Crippen molar-refractivity contribution in [2.24, 2.45) is 15.9 Å². The maximum atomic E-state index is 4.85. The first-order valence-electron chi connectivity index (χ1n) is 10.8. The van der Waals surface area contributed by atoms with Crippen molar-refractivity contribution in [2.45, 2.75) is 59.9 Å². The zero-order valence-electron chi connectivity index (χ0n) is 18.9. The van der Waals surface area contributed by atoms with Gasteiger partial charge in [0.05, 0.1) is 17.8 Å². The Morgan fingerprint density at radius 3 is 2.50 bits per heavy atom. The first-order chi connectivity index (χ1) is 14.2. The van der Waals surface area contributed by atoms with E-state index < -0.39 is 0 Å². The van der Waals surface area contributed by atoms with Gasteiger partial charge in [-0.05, 0) is 65.6 Å². The Kier molecular flexibility index (Phi) is 5.31. The number of benzene rings is 2. The van der Waals surface area contributed by atoms with Crippen LogP contribution in [0.15, 0.2) is 46.4 Å². The monoisotopic (exact) mass is 401 g/mol. The molecule has 0 saturated carbocycles. The van der Waals surface area contributed by atoms with Crippen LogP contribution in [0.1, 0.15) is 63.3 Å². The van der Waals surface area contributed by atoms with Gasteiger partial charge in [0.1, 0.15) is 5.52 Å². The fourth-order valence-corrected chi connectivity index (χ4v) is 4.00. The van der Waals surface area contributed by atoms with Crippen molar-refractivity contribution in [2.75, 3.05) is 6.54 Å². The molecule has 30 heavy (non-hydrogen) atoms. The topological polar surface area (TPSA) is 55.4 Å². The average Bonchev–Trinajstić information content (AvgIpc) is 3.32. The summed E-state index contributed by atoms with van der Waals surface area (Å²) < 4.78 is 1.99. The van der Waals surface area contributed by atoms with Gasteiger partial charge in [0.15, 0.2) is 5.84 Å². The highest BCUT2D eigenvalue weighted by Gasteiger charge is 2.19. The number of rotatable bonds is 5. The quantitative estimate of drug-likeness (QED) is 0.580. The molecule has 2 aromatic carbocycles. The lowest BCUT2D eigenvalue weighted by molar-refractivity contribution is 0.487. The van der Waals surface area contributed by atoms with Gasteiger partial charge in [0, 0.05) is 12.1 Å².